The molecule has 1 aliphatic carbocycles. The predicted octanol–water partition coefficient (Wildman–Crippen LogP) is 2.33. The van der Waals surface area contributed by atoms with E-state index in [1.54, 1.807) is 6.92 Å². The predicted molar refractivity (Wildman–Crippen MR) is 55.6 cm³/mol. The van der Waals surface area contributed by atoms with Crippen LogP contribution < -0.4 is 0 Å². The molecule has 2 heteroatoms. The van der Waals surface area contributed by atoms with E-state index in [-0.39, 0.29) is 12.2 Å². The summed E-state index contributed by atoms with van der Waals surface area (Å²) in [6, 6.07) is 0. The van der Waals surface area contributed by atoms with Crippen molar-refractivity contribution in [2.24, 2.45) is 5.92 Å². The third-order valence-corrected chi connectivity index (χ3v) is 2.58. The van der Waals surface area contributed by atoms with Crippen molar-refractivity contribution in [3.8, 4) is 0 Å². The number of hydrogen-bond donors (Lipinski definition) is 2. The van der Waals surface area contributed by atoms with Crippen molar-refractivity contribution < 1.29 is 10.2 Å². The Morgan fingerprint density at radius 3 is 1.85 bits per heavy atom. The maximum absolute atomic E-state index is 9.03. The lowest BCUT2D eigenvalue weighted by Gasteiger charge is -2.21. The summed E-state index contributed by atoms with van der Waals surface area (Å²) in [7, 11) is 0. The Kier molecular flexibility index (Phi) is 7.29. The zero-order valence-electron chi connectivity index (χ0n) is 9.16. The topological polar surface area (TPSA) is 40.5 Å². The third kappa shape index (κ3) is 8.26. The molecule has 80 valence electrons. The number of rotatable bonds is 1. The first kappa shape index (κ1) is 12.9. The van der Waals surface area contributed by atoms with Crippen LogP contribution in [0.5, 0.6) is 0 Å². The monoisotopic (exact) mass is 188 g/mol. The molecule has 0 saturated heterocycles. The molecule has 13 heavy (non-hydrogen) atoms. The average molecular weight is 188 g/mol. The molecule has 1 unspecified atom stereocenters. The highest BCUT2D eigenvalue weighted by atomic mass is 16.3. The molecule has 0 bridgehead atoms. The fourth-order valence-corrected chi connectivity index (χ4v) is 1.24. The van der Waals surface area contributed by atoms with Crippen LogP contribution in [-0.4, -0.2) is 22.4 Å². The Balaban J connectivity index is 0.000000252. The number of aliphatic hydroxyl groups is 2. The Labute approximate surface area is 82.0 Å². The van der Waals surface area contributed by atoms with Crippen molar-refractivity contribution in [2.75, 3.05) is 0 Å². The minimum absolute atomic E-state index is 0.0196. The molecule has 2 nitrogen and oxygen atoms in total. The van der Waals surface area contributed by atoms with Gasteiger partial charge in [-0.25, -0.2) is 0 Å². The van der Waals surface area contributed by atoms with Crippen LogP contribution in [0.2, 0.25) is 0 Å². The zero-order chi connectivity index (χ0) is 10.3. The van der Waals surface area contributed by atoms with Crippen LogP contribution >= 0.6 is 0 Å². The highest BCUT2D eigenvalue weighted by Crippen LogP contribution is 2.22. The summed E-state index contributed by atoms with van der Waals surface area (Å²) < 4.78 is 0. The molecule has 0 aromatic carbocycles. The van der Waals surface area contributed by atoms with Gasteiger partial charge in [0.05, 0.1) is 12.2 Å². The second-order valence-corrected chi connectivity index (χ2v) is 4.17. The van der Waals surface area contributed by atoms with Gasteiger partial charge in [0, 0.05) is 0 Å². The minimum Gasteiger partial charge on any atom is -0.393 e. The average Bonchev–Trinajstić information content (AvgIpc) is 2.11. The van der Waals surface area contributed by atoms with Crippen LogP contribution in [0.3, 0.4) is 0 Å². The van der Waals surface area contributed by atoms with Gasteiger partial charge in [-0.15, -0.1) is 0 Å². The maximum Gasteiger partial charge on any atom is 0.0540 e. The van der Waals surface area contributed by atoms with Crippen LogP contribution in [0.15, 0.2) is 0 Å². The van der Waals surface area contributed by atoms with Crippen LogP contribution in [0, 0.1) is 5.92 Å². The lowest BCUT2D eigenvalue weighted by atomic mass is 9.89. The molecule has 0 aliphatic heterocycles. The smallest absolute Gasteiger partial charge is 0.0540 e. The van der Waals surface area contributed by atoms with E-state index in [0.29, 0.717) is 0 Å². The number of aliphatic hydroxyl groups excluding tert-OH is 2. The molecule has 0 amide bonds. The Bertz CT molecular complexity index is 94.7. The zero-order valence-corrected chi connectivity index (χ0v) is 9.16. The van der Waals surface area contributed by atoms with E-state index in [1.165, 1.54) is 12.8 Å². The van der Waals surface area contributed by atoms with Crippen molar-refractivity contribution in [1.82, 2.24) is 0 Å². The largest absolute Gasteiger partial charge is 0.393 e. The van der Waals surface area contributed by atoms with Gasteiger partial charge < -0.3 is 10.2 Å². The van der Waals surface area contributed by atoms with Gasteiger partial charge in [-0.1, -0.05) is 13.8 Å². The molecule has 0 aromatic rings. The van der Waals surface area contributed by atoms with Gasteiger partial charge in [-0.2, -0.15) is 0 Å². The van der Waals surface area contributed by atoms with E-state index < -0.39 is 0 Å². The van der Waals surface area contributed by atoms with Crippen molar-refractivity contribution in [3.63, 3.8) is 0 Å². The van der Waals surface area contributed by atoms with Crippen molar-refractivity contribution >= 4 is 0 Å². The molecule has 1 saturated carbocycles. The standard InChI is InChI=1S/C7H14O.C4H10O/c1-6-2-4-7(8)5-3-6;1-3-4(2)5/h6-8H,2-5H2,1H3;4-5H,3H2,1-2H3. The molecule has 0 aromatic heterocycles. The highest BCUT2D eigenvalue weighted by Gasteiger charge is 2.14. The molecular formula is C11H24O2. The summed E-state index contributed by atoms with van der Waals surface area (Å²) >= 11 is 0. The Morgan fingerprint density at radius 1 is 1.23 bits per heavy atom. The minimum atomic E-state index is -0.116. The second kappa shape index (κ2) is 7.34. The fraction of sp³-hybridized carbons (Fsp3) is 1.00. The first-order valence-electron chi connectivity index (χ1n) is 5.42. The molecule has 2 N–H and O–H groups in total. The van der Waals surface area contributed by atoms with E-state index in [2.05, 4.69) is 6.92 Å². The summed E-state index contributed by atoms with van der Waals surface area (Å²) in [5.41, 5.74) is 0. The lowest BCUT2D eigenvalue weighted by molar-refractivity contribution is 0.112. The van der Waals surface area contributed by atoms with Crippen molar-refractivity contribution in [2.45, 2.75) is 65.1 Å². The van der Waals surface area contributed by atoms with Gasteiger partial charge >= 0.3 is 0 Å². The van der Waals surface area contributed by atoms with Crippen molar-refractivity contribution in [1.29, 1.82) is 0 Å². The van der Waals surface area contributed by atoms with Gasteiger partial charge in [0.15, 0.2) is 0 Å². The highest BCUT2D eigenvalue weighted by molar-refractivity contribution is 4.67. The molecular weight excluding hydrogens is 164 g/mol. The van der Waals surface area contributed by atoms with Crippen LogP contribution in [0.25, 0.3) is 0 Å². The molecule has 1 rings (SSSR count). The molecule has 1 fully saturated rings. The molecule has 0 heterocycles. The van der Waals surface area contributed by atoms with Gasteiger partial charge in [-0.05, 0) is 44.9 Å². The maximum atomic E-state index is 9.03. The fourth-order valence-electron chi connectivity index (χ4n) is 1.24. The van der Waals surface area contributed by atoms with E-state index in [9.17, 15) is 0 Å². The van der Waals surface area contributed by atoms with Crippen LogP contribution in [0.1, 0.15) is 52.9 Å². The van der Waals surface area contributed by atoms with E-state index in [0.717, 1.165) is 25.2 Å². The Hall–Kier alpha value is -0.0800. The normalized spacial score (nSPS) is 30.2. The molecule has 1 atom stereocenters. The van der Waals surface area contributed by atoms with Gasteiger partial charge in [-0.3, -0.25) is 0 Å². The van der Waals surface area contributed by atoms with E-state index in [1.807, 2.05) is 6.92 Å². The summed E-state index contributed by atoms with van der Waals surface area (Å²) in [5.74, 6) is 0.860. The summed E-state index contributed by atoms with van der Waals surface area (Å²) in [6.07, 6.45) is 5.27. The molecule has 0 spiro atoms. The molecule has 0 radical (unpaired) electrons. The van der Waals surface area contributed by atoms with Crippen molar-refractivity contribution in [3.05, 3.63) is 0 Å². The van der Waals surface area contributed by atoms with Crippen LogP contribution in [-0.2, 0) is 0 Å². The second-order valence-electron chi connectivity index (χ2n) is 4.17. The van der Waals surface area contributed by atoms with E-state index in [4.69, 9.17) is 10.2 Å². The summed E-state index contributed by atoms with van der Waals surface area (Å²) in [4.78, 5) is 0. The third-order valence-electron chi connectivity index (χ3n) is 2.58. The Morgan fingerprint density at radius 2 is 1.62 bits per heavy atom. The summed E-state index contributed by atoms with van der Waals surface area (Å²) in [5, 5.41) is 17.4. The lowest BCUT2D eigenvalue weighted by Crippen LogP contribution is -2.15. The van der Waals surface area contributed by atoms with Gasteiger partial charge in [0.1, 0.15) is 0 Å². The van der Waals surface area contributed by atoms with Gasteiger partial charge in [0.2, 0.25) is 0 Å². The molecule has 1 aliphatic rings. The first-order chi connectivity index (χ1) is 6.06. The quantitative estimate of drug-likeness (QED) is 0.663. The van der Waals surface area contributed by atoms with E-state index >= 15 is 0 Å². The SMILES string of the molecule is CC1CCC(O)CC1.CCC(C)O. The first-order valence-corrected chi connectivity index (χ1v) is 5.42. The van der Waals surface area contributed by atoms with Crippen LogP contribution in [0.4, 0.5) is 0 Å². The van der Waals surface area contributed by atoms with Gasteiger partial charge in [0.25, 0.3) is 0 Å². The number of hydrogen-bond acceptors (Lipinski definition) is 2. The summed E-state index contributed by atoms with van der Waals surface area (Å²) in [6.45, 7) is 5.98.